The lowest BCUT2D eigenvalue weighted by Gasteiger charge is -2.15. The van der Waals surface area contributed by atoms with Crippen molar-refractivity contribution in [2.24, 2.45) is 0 Å². The number of ether oxygens (including phenoxy) is 3. The number of carbonyl (C=O) groups excluding carboxylic acids is 1. The number of hydrogen-bond donors (Lipinski definition) is 1. The van der Waals surface area contributed by atoms with Gasteiger partial charge in [0.05, 0.1) is 27.5 Å². The van der Waals surface area contributed by atoms with Crippen LogP contribution in [-0.4, -0.2) is 37.2 Å². The molecule has 2 aromatic rings. The normalized spacial score (nSPS) is 9.86. The molecule has 0 aliphatic rings. The summed E-state index contributed by atoms with van der Waals surface area (Å²) in [6.07, 6.45) is 4.31. The number of nitrogens with one attached hydrogen (secondary N) is 1. The molecule has 0 bridgehead atoms. The second-order valence-corrected chi connectivity index (χ2v) is 3.95. The van der Waals surface area contributed by atoms with Crippen molar-refractivity contribution < 1.29 is 19.0 Å². The van der Waals surface area contributed by atoms with Crippen LogP contribution in [0.15, 0.2) is 30.7 Å². The second kappa shape index (κ2) is 6.56. The zero-order chi connectivity index (χ0) is 15.2. The predicted octanol–water partition coefficient (Wildman–Crippen LogP) is 1.75. The molecule has 1 aromatic heterocycles. The number of anilines is 1. The van der Waals surface area contributed by atoms with Gasteiger partial charge in [-0.1, -0.05) is 0 Å². The molecule has 7 nitrogen and oxygen atoms in total. The number of carbonyl (C=O) groups is 1. The summed E-state index contributed by atoms with van der Waals surface area (Å²) in [6.45, 7) is 0. The Kier molecular flexibility index (Phi) is 4.55. The molecule has 0 saturated carbocycles. The summed E-state index contributed by atoms with van der Waals surface area (Å²) in [7, 11) is 4.52. The number of rotatable bonds is 5. The summed E-state index contributed by atoms with van der Waals surface area (Å²) in [5.41, 5.74) is 0.592. The smallest absolute Gasteiger partial charge is 0.276 e. The van der Waals surface area contributed by atoms with Crippen molar-refractivity contribution in [3.8, 4) is 17.2 Å². The standard InChI is InChI=1S/C14H15N3O4/c1-19-9-6-11(20-2)13(12(7-9)21-3)17-14(18)10-8-15-4-5-16-10/h4-8H,1-3H3,(H,17,18). The van der Waals surface area contributed by atoms with Crippen LogP contribution in [0, 0.1) is 0 Å². The Labute approximate surface area is 121 Å². The molecule has 0 radical (unpaired) electrons. The molecule has 0 aliphatic heterocycles. The van der Waals surface area contributed by atoms with Crippen LogP contribution < -0.4 is 19.5 Å². The molecule has 0 fully saturated rings. The topological polar surface area (TPSA) is 82.6 Å². The molecule has 1 heterocycles. The van der Waals surface area contributed by atoms with Gasteiger partial charge in [-0.05, 0) is 0 Å². The Balaban J connectivity index is 2.36. The van der Waals surface area contributed by atoms with Gasteiger partial charge in [0.1, 0.15) is 28.6 Å². The van der Waals surface area contributed by atoms with Gasteiger partial charge in [0.15, 0.2) is 0 Å². The second-order valence-electron chi connectivity index (χ2n) is 3.95. The number of aromatic nitrogens is 2. The fraction of sp³-hybridized carbons (Fsp3) is 0.214. The third kappa shape index (κ3) is 3.19. The summed E-state index contributed by atoms with van der Waals surface area (Å²) in [4.78, 5) is 19.9. The largest absolute Gasteiger partial charge is 0.496 e. The highest BCUT2D eigenvalue weighted by Gasteiger charge is 2.17. The first kappa shape index (κ1) is 14.6. The molecule has 21 heavy (non-hydrogen) atoms. The number of methoxy groups -OCH3 is 3. The Hall–Kier alpha value is -2.83. The molecule has 0 aliphatic carbocycles. The molecular weight excluding hydrogens is 274 g/mol. The quantitative estimate of drug-likeness (QED) is 0.903. The van der Waals surface area contributed by atoms with E-state index in [0.717, 1.165) is 0 Å². The minimum absolute atomic E-state index is 0.192. The van der Waals surface area contributed by atoms with E-state index in [4.69, 9.17) is 14.2 Å². The number of nitrogens with zero attached hydrogens (tertiary/aromatic N) is 2. The molecule has 1 amide bonds. The summed E-state index contributed by atoms with van der Waals surface area (Å²) in [6, 6.07) is 3.30. The molecule has 0 atom stereocenters. The van der Waals surface area contributed by atoms with E-state index >= 15 is 0 Å². The van der Waals surface area contributed by atoms with Crippen LogP contribution in [0.25, 0.3) is 0 Å². The van der Waals surface area contributed by atoms with Gasteiger partial charge < -0.3 is 19.5 Å². The molecule has 110 valence electrons. The lowest BCUT2D eigenvalue weighted by Crippen LogP contribution is -2.15. The average molecular weight is 289 g/mol. The summed E-state index contributed by atoms with van der Waals surface area (Å²) in [5.74, 6) is 0.984. The van der Waals surface area contributed by atoms with Crippen molar-refractivity contribution in [3.63, 3.8) is 0 Å². The number of benzene rings is 1. The van der Waals surface area contributed by atoms with Crippen molar-refractivity contribution in [2.75, 3.05) is 26.6 Å². The van der Waals surface area contributed by atoms with E-state index in [2.05, 4.69) is 15.3 Å². The van der Waals surface area contributed by atoms with Gasteiger partial charge in [-0.15, -0.1) is 0 Å². The van der Waals surface area contributed by atoms with Gasteiger partial charge >= 0.3 is 0 Å². The van der Waals surface area contributed by atoms with Crippen molar-refractivity contribution >= 4 is 11.6 Å². The minimum Gasteiger partial charge on any atom is -0.496 e. The first-order valence-electron chi connectivity index (χ1n) is 6.07. The highest BCUT2D eigenvalue weighted by atomic mass is 16.5. The monoisotopic (exact) mass is 289 g/mol. The van der Waals surface area contributed by atoms with Crippen LogP contribution in [0.3, 0.4) is 0 Å². The Morgan fingerprint density at radius 2 is 1.71 bits per heavy atom. The summed E-state index contributed by atoms with van der Waals surface area (Å²) in [5, 5.41) is 2.70. The predicted molar refractivity (Wildman–Crippen MR) is 76.1 cm³/mol. The van der Waals surface area contributed by atoms with E-state index in [1.54, 1.807) is 12.1 Å². The third-order valence-electron chi connectivity index (χ3n) is 2.75. The summed E-state index contributed by atoms with van der Waals surface area (Å²) >= 11 is 0. The van der Waals surface area contributed by atoms with Crippen molar-refractivity contribution in [1.82, 2.24) is 9.97 Å². The molecule has 0 unspecified atom stereocenters. The zero-order valence-corrected chi connectivity index (χ0v) is 11.9. The van der Waals surface area contributed by atoms with Crippen molar-refractivity contribution in [2.45, 2.75) is 0 Å². The van der Waals surface area contributed by atoms with Crippen LogP contribution in [0.1, 0.15) is 10.5 Å². The Morgan fingerprint density at radius 1 is 1.05 bits per heavy atom. The summed E-state index contributed by atoms with van der Waals surface area (Å²) < 4.78 is 15.7. The van der Waals surface area contributed by atoms with Crippen LogP contribution in [0.5, 0.6) is 17.2 Å². The lowest BCUT2D eigenvalue weighted by molar-refractivity contribution is 0.102. The molecule has 0 spiro atoms. The lowest BCUT2D eigenvalue weighted by atomic mass is 10.2. The number of hydrogen-bond acceptors (Lipinski definition) is 6. The van der Waals surface area contributed by atoms with Gasteiger partial charge in [-0.3, -0.25) is 9.78 Å². The molecule has 1 N–H and O–H groups in total. The molecule has 1 aromatic carbocycles. The van der Waals surface area contributed by atoms with E-state index in [9.17, 15) is 4.79 Å². The van der Waals surface area contributed by atoms with Gasteiger partial charge in [-0.2, -0.15) is 0 Å². The maximum Gasteiger partial charge on any atom is 0.276 e. The van der Waals surface area contributed by atoms with E-state index in [1.165, 1.54) is 39.9 Å². The van der Waals surface area contributed by atoms with Crippen LogP contribution in [-0.2, 0) is 0 Å². The highest BCUT2D eigenvalue weighted by molar-refractivity contribution is 6.04. The first-order valence-corrected chi connectivity index (χ1v) is 6.07. The van der Waals surface area contributed by atoms with E-state index < -0.39 is 5.91 Å². The molecule has 2 rings (SSSR count). The molecule has 0 saturated heterocycles. The first-order chi connectivity index (χ1) is 10.2. The van der Waals surface area contributed by atoms with Crippen LogP contribution in [0.2, 0.25) is 0 Å². The maximum atomic E-state index is 12.1. The van der Waals surface area contributed by atoms with Crippen molar-refractivity contribution in [3.05, 3.63) is 36.4 Å². The van der Waals surface area contributed by atoms with E-state index in [1.807, 2.05) is 0 Å². The zero-order valence-electron chi connectivity index (χ0n) is 11.9. The fourth-order valence-electron chi connectivity index (χ4n) is 1.72. The highest BCUT2D eigenvalue weighted by Crippen LogP contribution is 2.38. The van der Waals surface area contributed by atoms with Crippen molar-refractivity contribution in [1.29, 1.82) is 0 Å². The minimum atomic E-state index is -0.412. The molecule has 7 heteroatoms. The van der Waals surface area contributed by atoms with Gasteiger partial charge in [0.25, 0.3) is 5.91 Å². The van der Waals surface area contributed by atoms with E-state index in [-0.39, 0.29) is 5.69 Å². The Bertz CT molecular complexity index is 606. The van der Waals surface area contributed by atoms with Gasteiger partial charge in [0, 0.05) is 24.5 Å². The van der Waals surface area contributed by atoms with Gasteiger partial charge in [-0.25, -0.2) is 4.98 Å². The Morgan fingerprint density at radius 3 is 2.19 bits per heavy atom. The fourth-order valence-corrected chi connectivity index (χ4v) is 1.72. The SMILES string of the molecule is COc1cc(OC)c(NC(=O)c2cnccn2)c(OC)c1. The van der Waals surface area contributed by atoms with Gasteiger partial charge in [0.2, 0.25) is 0 Å². The van der Waals surface area contributed by atoms with E-state index in [0.29, 0.717) is 22.9 Å². The molecular formula is C14H15N3O4. The average Bonchev–Trinajstić information content (AvgIpc) is 2.55. The van der Waals surface area contributed by atoms with Crippen LogP contribution >= 0.6 is 0 Å². The maximum absolute atomic E-state index is 12.1. The number of amides is 1. The van der Waals surface area contributed by atoms with Crippen LogP contribution in [0.4, 0.5) is 5.69 Å². The third-order valence-corrected chi connectivity index (χ3v) is 2.75.